The highest BCUT2D eigenvalue weighted by Crippen LogP contribution is 2.24. The van der Waals surface area contributed by atoms with E-state index in [9.17, 15) is 9.59 Å². The Morgan fingerprint density at radius 2 is 1.64 bits per heavy atom. The summed E-state index contributed by atoms with van der Waals surface area (Å²) in [4.78, 5) is 33.2. The van der Waals surface area contributed by atoms with Crippen molar-refractivity contribution in [3.8, 4) is 0 Å². The van der Waals surface area contributed by atoms with Crippen LogP contribution in [0.2, 0.25) is 0 Å². The monoisotopic (exact) mass is 451 g/mol. The fourth-order valence-corrected chi connectivity index (χ4v) is 3.66. The van der Waals surface area contributed by atoms with Gasteiger partial charge in [0.05, 0.1) is 5.69 Å². The zero-order chi connectivity index (χ0) is 23.5. The molecular formula is C24H29N5O4. The number of nitrogens with one attached hydrogen (secondary N) is 1. The molecule has 1 aromatic heterocycles. The number of benzene rings is 1. The topological polar surface area (TPSA) is 118 Å². The number of nitrogens with zero attached hydrogens (tertiary/aromatic N) is 4. The van der Waals surface area contributed by atoms with Crippen LogP contribution in [0.15, 0.2) is 65.8 Å². The maximum atomic E-state index is 9.55. The molecule has 0 bridgehead atoms. The number of carboxylic acids is 2. The van der Waals surface area contributed by atoms with Crippen molar-refractivity contribution in [1.82, 2.24) is 15.2 Å². The molecule has 9 nitrogen and oxygen atoms in total. The molecule has 4 rings (SSSR count). The van der Waals surface area contributed by atoms with Crippen LogP contribution < -0.4 is 10.2 Å². The highest BCUT2D eigenvalue weighted by molar-refractivity contribution is 5.89. The molecule has 33 heavy (non-hydrogen) atoms. The third kappa shape index (κ3) is 8.04. The molecule has 0 spiro atoms. The molecule has 1 saturated heterocycles. The predicted octanol–water partition coefficient (Wildman–Crippen LogP) is 2.18. The van der Waals surface area contributed by atoms with Gasteiger partial charge in [0, 0.05) is 64.0 Å². The first-order chi connectivity index (χ1) is 16.0. The standard InChI is InChI=1S/C20H25N5.C4H4O4/c1-2-6-18-17(5-1)8-9-19(23-18)21-11-12-24-13-15-25(16-14-24)20-7-3-4-10-22-20;5-3(6)1-2-4(7)8/h1-7,10H,8-9,11-16H2,(H,21,23);1-2H,(H,5,6)(H,7,8). The zero-order valence-corrected chi connectivity index (χ0v) is 18.4. The van der Waals surface area contributed by atoms with E-state index in [0.717, 1.165) is 69.5 Å². The third-order valence-corrected chi connectivity index (χ3v) is 5.35. The predicted molar refractivity (Wildman–Crippen MR) is 127 cm³/mol. The normalized spacial score (nSPS) is 15.8. The van der Waals surface area contributed by atoms with E-state index in [1.54, 1.807) is 0 Å². The number of rotatable bonds is 6. The highest BCUT2D eigenvalue weighted by atomic mass is 16.4. The van der Waals surface area contributed by atoms with Gasteiger partial charge >= 0.3 is 11.9 Å². The lowest BCUT2D eigenvalue weighted by Gasteiger charge is -2.35. The number of para-hydroxylation sites is 1. The Morgan fingerprint density at radius 3 is 2.30 bits per heavy atom. The van der Waals surface area contributed by atoms with E-state index in [0.29, 0.717) is 12.2 Å². The van der Waals surface area contributed by atoms with Crippen molar-refractivity contribution in [2.75, 3.05) is 44.2 Å². The lowest BCUT2D eigenvalue weighted by atomic mass is 10.0. The van der Waals surface area contributed by atoms with Crippen molar-refractivity contribution in [3.05, 3.63) is 66.4 Å². The van der Waals surface area contributed by atoms with Gasteiger partial charge in [-0.1, -0.05) is 24.3 Å². The minimum Gasteiger partial charge on any atom is -0.478 e. The van der Waals surface area contributed by atoms with E-state index < -0.39 is 11.9 Å². The number of hydrogen-bond acceptors (Lipinski definition) is 7. The Labute approximate surface area is 193 Å². The van der Waals surface area contributed by atoms with Crippen molar-refractivity contribution in [2.45, 2.75) is 12.8 Å². The van der Waals surface area contributed by atoms with Gasteiger partial charge in [-0.3, -0.25) is 4.90 Å². The summed E-state index contributed by atoms with van der Waals surface area (Å²) in [6, 6.07) is 14.6. The second-order valence-electron chi connectivity index (χ2n) is 7.64. The molecule has 174 valence electrons. The van der Waals surface area contributed by atoms with Gasteiger partial charge in [-0.05, 0) is 30.2 Å². The van der Waals surface area contributed by atoms with Gasteiger partial charge in [-0.2, -0.15) is 0 Å². The van der Waals surface area contributed by atoms with Crippen LogP contribution in [0.4, 0.5) is 11.5 Å². The van der Waals surface area contributed by atoms with Gasteiger partial charge in [-0.15, -0.1) is 0 Å². The fourth-order valence-electron chi connectivity index (χ4n) is 3.66. The number of anilines is 1. The highest BCUT2D eigenvalue weighted by Gasteiger charge is 2.17. The molecule has 2 aliphatic heterocycles. The fraction of sp³-hybridized carbons (Fsp3) is 0.333. The van der Waals surface area contributed by atoms with Crippen LogP contribution in [-0.2, 0) is 16.0 Å². The first-order valence-electron chi connectivity index (χ1n) is 10.9. The number of amidine groups is 1. The molecule has 0 unspecified atom stereocenters. The smallest absolute Gasteiger partial charge is 0.328 e. The Morgan fingerprint density at radius 1 is 0.939 bits per heavy atom. The van der Waals surface area contributed by atoms with Crippen molar-refractivity contribution >= 4 is 29.3 Å². The van der Waals surface area contributed by atoms with Crippen molar-refractivity contribution in [1.29, 1.82) is 0 Å². The number of carboxylic acid groups (broad SMARTS) is 2. The van der Waals surface area contributed by atoms with Gasteiger partial charge in [0.15, 0.2) is 0 Å². The number of hydrogen-bond donors (Lipinski definition) is 3. The van der Waals surface area contributed by atoms with Gasteiger partial charge in [0.25, 0.3) is 0 Å². The summed E-state index contributed by atoms with van der Waals surface area (Å²) in [5.41, 5.74) is 2.49. The molecule has 2 aliphatic rings. The SMILES string of the molecule is O=C(O)C=CC(=O)O.c1ccc(N2CCN(CCNC3=Nc4ccccc4CC3)CC2)nc1. The first kappa shape index (κ1) is 23.9. The molecule has 1 fully saturated rings. The number of pyridine rings is 1. The zero-order valence-electron chi connectivity index (χ0n) is 18.4. The molecular weight excluding hydrogens is 422 g/mol. The molecule has 0 aliphatic carbocycles. The van der Waals surface area contributed by atoms with E-state index in [-0.39, 0.29) is 0 Å². The molecule has 3 N–H and O–H groups in total. The van der Waals surface area contributed by atoms with Crippen molar-refractivity contribution < 1.29 is 19.8 Å². The number of aliphatic carboxylic acids is 2. The van der Waals surface area contributed by atoms with Crippen LogP contribution in [0.1, 0.15) is 12.0 Å². The van der Waals surface area contributed by atoms with Crippen LogP contribution >= 0.6 is 0 Å². The maximum absolute atomic E-state index is 9.55. The number of aryl methyl sites for hydroxylation is 1. The lowest BCUT2D eigenvalue weighted by molar-refractivity contribution is -0.134. The Bertz CT molecular complexity index is 969. The second kappa shape index (κ2) is 12.4. The van der Waals surface area contributed by atoms with E-state index in [2.05, 4.69) is 56.5 Å². The van der Waals surface area contributed by atoms with Gasteiger partial charge in [0.2, 0.25) is 0 Å². The number of aromatic nitrogens is 1. The summed E-state index contributed by atoms with van der Waals surface area (Å²) >= 11 is 0. The largest absolute Gasteiger partial charge is 0.478 e. The maximum Gasteiger partial charge on any atom is 0.328 e. The molecule has 3 heterocycles. The molecule has 1 aromatic carbocycles. The minimum absolute atomic E-state index is 0.558. The Kier molecular flexibility index (Phi) is 8.96. The van der Waals surface area contributed by atoms with Crippen LogP contribution in [-0.4, -0.2) is 77.1 Å². The molecule has 0 amide bonds. The summed E-state index contributed by atoms with van der Waals surface area (Å²) < 4.78 is 0. The van der Waals surface area contributed by atoms with Gasteiger partial charge < -0.3 is 20.4 Å². The number of fused-ring (bicyclic) bond motifs is 1. The summed E-state index contributed by atoms with van der Waals surface area (Å²) in [5, 5.41) is 19.2. The van der Waals surface area contributed by atoms with Crippen molar-refractivity contribution in [2.24, 2.45) is 4.99 Å². The van der Waals surface area contributed by atoms with E-state index in [4.69, 9.17) is 15.2 Å². The second-order valence-corrected chi connectivity index (χ2v) is 7.64. The Hall–Kier alpha value is -3.72. The lowest BCUT2D eigenvalue weighted by Crippen LogP contribution is -2.48. The summed E-state index contributed by atoms with van der Waals surface area (Å²) in [5.74, 6) is -0.291. The van der Waals surface area contributed by atoms with Gasteiger partial charge in [-0.25, -0.2) is 19.6 Å². The van der Waals surface area contributed by atoms with Crippen molar-refractivity contribution in [3.63, 3.8) is 0 Å². The quantitative estimate of drug-likeness (QED) is 0.572. The third-order valence-electron chi connectivity index (χ3n) is 5.35. The number of carbonyl (C=O) groups is 2. The van der Waals surface area contributed by atoms with E-state index in [1.165, 1.54) is 5.56 Å². The van der Waals surface area contributed by atoms with E-state index >= 15 is 0 Å². The average Bonchev–Trinajstić information content (AvgIpc) is 2.84. The van der Waals surface area contributed by atoms with Crippen LogP contribution in [0.25, 0.3) is 0 Å². The van der Waals surface area contributed by atoms with Crippen LogP contribution in [0.5, 0.6) is 0 Å². The summed E-state index contributed by atoms with van der Waals surface area (Å²) in [6.07, 6.45) is 5.09. The molecule has 9 heteroatoms. The van der Waals surface area contributed by atoms with Crippen LogP contribution in [0, 0.1) is 0 Å². The molecule has 0 atom stereocenters. The minimum atomic E-state index is -1.26. The van der Waals surface area contributed by atoms with Gasteiger partial charge in [0.1, 0.15) is 11.7 Å². The summed E-state index contributed by atoms with van der Waals surface area (Å²) in [6.45, 7) is 6.30. The molecule has 2 aromatic rings. The average molecular weight is 452 g/mol. The van der Waals surface area contributed by atoms with Crippen LogP contribution in [0.3, 0.4) is 0 Å². The molecule has 0 saturated carbocycles. The Balaban J connectivity index is 0.000000331. The first-order valence-corrected chi connectivity index (χ1v) is 10.9. The number of piperazine rings is 1. The molecule has 0 radical (unpaired) electrons. The van der Waals surface area contributed by atoms with E-state index in [1.807, 2.05) is 12.3 Å². The number of aliphatic imine (C=N–C) groups is 1. The summed E-state index contributed by atoms with van der Waals surface area (Å²) in [7, 11) is 0.